The SMILES string of the molecule is O=C(NCCN1CCC(Cc2ccc(OC(F)(F)F)cc2)CC1)c1ccc(=O)[nH]c1. The average Bonchev–Trinajstić information content (AvgIpc) is 2.70. The smallest absolute Gasteiger partial charge is 0.406 e. The first-order valence-corrected chi connectivity index (χ1v) is 9.82. The van der Waals surface area contributed by atoms with Gasteiger partial charge < -0.3 is 19.9 Å². The van der Waals surface area contributed by atoms with Crippen LogP contribution in [0.4, 0.5) is 13.2 Å². The normalized spacial score (nSPS) is 15.7. The topological polar surface area (TPSA) is 74.4 Å². The van der Waals surface area contributed by atoms with Crippen molar-refractivity contribution in [2.24, 2.45) is 5.92 Å². The summed E-state index contributed by atoms with van der Waals surface area (Å²) in [5.74, 6) is 0.0513. The highest BCUT2D eigenvalue weighted by atomic mass is 19.4. The molecule has 0 bridgehead atoms. The number of nitrogens with one attached hydrogen (secondary N) is 2. The average molecular weight is 423 g/mol. The van der Waals surface area contributed by atoms with Gasteiger partial charge in [0, 0.05) is 25.4 Å². The molecule has 1 aliphatic rings. The number of piperidine rings is 1. The van der Waals surface area contributed by atoms with Gasteiger partial charge in [-0.3, -0.25) is 9.59 Å². The third-order valence-corrected chi connectivity index (χ3v) is 5.15. The van der Waals surface area contributed by atoms with E-state index < -0.39 is 6.36 Å². The Morgan fingerprint density at radius 3 is 2.43 bits per heavy atom. The highest BCUT2D eigenvalue weighted by molar-refractivity contribution is 5.93. The van der Waals surface area contributed by atoms with E-state index in [1.807, 2.05) is 0 Å². The van der Waals surface area contributed by atoms with Gasteiger partial charge in [0.15, 0.2) is 0 Å². The van der Waals surface area contributed by atoms with E-state index in [-0.39, 0.29) is 17.2 Å². The molecule has 3 rings (SSSR count). The van der Waals surface area contributed by atoms with Crippen molar-refractivity contribution in [3.63, 3.8) is 0 Å². The van der Waals surface area contributed by atoms with Crippen LogP contribution in [0.25, 0.3) is 0 Å². The summed E-state index contributed by atoms with van der Waals surface area (Å²) in [4.78, 5) is 27.8. The first-order valence-electron chi connectivity index (χ1n) is 9.82. The standard InChI is InChI=1S/C21H24F3N3O3/c22-21(23,24)30-18-4-1-15(2-5-18)13-16-7-10-27(11-8-16)12-9-25-20(29)17-3-6-19(28)26-14-17/h1-6,14,16H,7-13H2,(H,25,29)(H,26,28). The number of carbonyl (C=O) groups excluding carboxylic acids is 1. The fourth-order valence-electron chi connectivity index (χ4n) is 3.56. The second kappa shape index (κ2) is 9.80. The minimum Gasteiger partial charge on any atom is -0.406 e. The van der Waals surface area contributed by atoms with Crippen LogP contribution in [0, 0.1) is 5.92 Å². The third kappa shape index (κ3) is 6.91. The number of alkyl halides is 3. The highest BCUT2D eigenvalue weighted by Gasteiger charge is 2.31. The van der Waals surface area contributed by atoms with Crippen LogP contribution in [0.5, 0.6) is 5.75 Å². The molecule has 0 atom stereocenters. The fraction of sp³-hybridized carbons (Fsp3) is 0.429. The van der Waals surface area contributed by atoms with Crippen molar-refractivity contribution >= 4 is 5.91 Å². The number of amides is 1. The number of rotatable bonds is 7. The summed E-state index contributed by atoms with van der Waals surface area (Å²) < 4.78 is 40.6. The first kappa shape index (κ1) is 21.9. The molecule has 0 spiro atoms. The molecule has 0 radical (unpaired) electrons. The van der Waals surface area contributed by atoms with Gasteiger partial charge in [0.05, 0.1) is 5.56 Å². The summed E-state index contributed by atoms with van der Waals surface area (Å²) in [5.41, 5.74) is 1.16. The van der Waals surface area contributed by atoms with Gasteiger partial charge in [-0.05, 0) is 62.0 Å². The Hall–Kier alpha value is -2.81. The van der Waals surface area contributed by atoms with Gasteiger partial charge in [0.25, 0.3) is 5.91 Å². The van der Waals surface area contributed by atoms with Crippen molar-refractivity contribution in [3.8, 4) is 5.75 Å². The Morgan fingerprint density at radius 2 is 1.83 bits per heavy atom. The molecule has 2 heterocycles. The van der Waals surface area contributed by atoms with Crippen molar-refractivity contribution in [1.82, 2.24) is 15.2 Å². The molecule has 9 heteroatoms. The van der Waals surface area contributed by atoms with Crippen LogP contribution in [0.2, 0.25) is 0 Å². The summed E-state index contributed by atoms with van der Waals surface area (Å²) in [6.45, 7) is 3.08. The van der Waals surface area contributed by atoms with Crippen LogP contribution in [0.3, 0.4) is 0 Å². The molecule has 1 aromatic carbocycles. The maximum Gasteiger partial charge on any atom is 0.573 e. The third-order valence-electron chi connectivity index (χ3n) is 5.15. The molecule has 0 aliphatic carbocycles. The number of ether oxygens (including phenoxy) is 1. The maximum atomic E-state index is 12.2. The molecule has 2 N–H and O–H groups in total. The molecule has 2 aromatic rings. The molecule has 1 fully saturated rings. The van der Waals surface area contributed by atoms with Crippen LogP contribution in [-0.2, 0) is 6.42 Å². The fourth-order valence-corrected chi connectivity index (χ4v) is 3.56. The van der Waals surface area contributed by atoms with Gasteiger partial charge in [-0.15, -0.1) is 13.2 Å². The molecule has 1 aromatic heterocycles. The Bertz CT molecular complexity index is 868. The molecular formula is C21H24F3N3O3. The predicted octanol–water partition coefficient (Wildman–Crippen LogP) is 2.96. The van der Waals surface area contributed by atoms with E-state index in [1.165, 1.54) is 30.5 Å². The molecule has 1 amide bonds. The van der Waals surface area contributed by atoms with Gasteiger partial charge in [0.1, 0.15) is 5.75 Å². The summed E-state index contributed by atoms with van der Waals surface area (Å²) in [6.07, 6.45) is -0.467. The molecule has 0 unspecified atom stereocenters. The molecule has 6 nitrogen and oxygen atoms in total. The van der Waals surface area contributed by atoms with E-state index in [0.29, 0.717) is 18.0 Å². The molecule has 1 saturated heterocycles. The van der Waals surface area contributed by atoms with Crippen LogP contribution >= 0.6 is 0 Å². The summed E-state index contributed by atoms with van der Waals surface area (Å²) >= 11 is 0. The maximum absolute atomic E-state index is 12.2. The van der Waals surface area contributed by atoms with E-state index in [0.717, 1.165) is 44.5 Å². The predicted molar refractivity (Wildman–Crippen MR) is 105 cm³/mol. The number of aromatic nitrogens is 1. The molecule has 0 saturated carbocycles. The van der Waals surface area contributed by atoms with Crippen molar-refractivity contribution in [2.45, 2.75) is 25.6 Å². The van der Waals surface area contributed by atoms with Crippen molar-refractivity contribution < 1.29 is 22.7 Å². The lowest BCUT2D eigenvalue weighted by Gasteiger charge is -2.32. The molecule has 30 heavy (non-hydrogen) atoms. The second-order valence-electron chi connectivity index (χ2n) is 7.38. The number of carbonyl (C=O) groups is 1. The number of hydrogen-bond donors (Lipinski definition) is 2. The Balaban J connectivity index is 1.36. The van der Waals surface area contributed by atoms with Crippen molar-refractivity contribution in [3.05, 3.63) is 64.1 Å². The first-order chi connectivity index (χ1) is 14.3. The Labute approximate surface area is 172 Å². The second-order valence-corrected chi connectivity index (χ2v) is 7.38. The number of likely N-dealkylation sites (tertiary alicyclic amines) is 1. The highest BCUT2D eigenvalue weighted by Crippen LogP contribution is 2.25. The van der Waals surface area contributed by atoms with Gasteiger partial charge in [0.2, 0.25) is 5.56 Å². The zero-order valence-corrected chi connectivity index (χ0v) is 16.4. The van der Waals surface area contributed by atoms with E-state index in [4.69, 9.17) is 0 Å². The monoisotopic (exact) mass is 423 g/mol. The molecular weight excluding hydrogens is 399 g/mol. The summed E-state index contributed by atoms with van der Waals surface area (Å²) in [6, 6.07) is 8.86. The number of aromatic amines is 1. The number of pyridine rings is 1. The quantitative estimate of drug-likeness (QED) is 0.718. The number of nitrogens with zero attached hydrogens (tertiary/aromatic N) is 1. The van der Waals surface area contributed by atoms with Gasteiger partial charge in [-0.1, -0.05) is 12.1 Å². The Morgan fingerprint density at radius 1 is 1.13 bits per heavy atom. The lowest BCUT2D eigenvalue weighted by molar-refractivity contribution is -0.274. The van der Waals surface area contributed by atoms with Crippen LogP contribution < -0.4 is 15.6 Å². The number of H-pyrrole nitrogens is 1. The van der Waals surface area contributed by atoms with Crippen molar-refractivity contribution in [2.75, 3.05) is 26.2 Å². The minimum absolute atomic E-state index is 0.204. The number of benzene rings is 1. The van der Waals surface area contributed by atoms with E-state index in [1.54, 1.807) is 12.1 Å². The lowest BCUT2D eigenvalue weighted by Crippen LogP contribution is -2.40. The van der Waals surface area contributed by atoms with Crippen molar-refractivity contribution in [1.29, 1.82) is 0 Å². The molecule has 1 aliphatic heterocycles. The largest absolute Gasteiger partial charge is 0.573 e. The zero-order valence-electron chi connectivity index (χ0n) is 16.4. The summed E-state index contributed by atoms with van der Waals surface area (Å²) in [7, 11) is 0. The van der Waals surface area contributed by atoms with E-state index >= 15 is 0 Å². The Kier molecular flexibility index (Phi) is 7.15. The van der Waals surface area contributed by atoms with E-state index in [9.17, 15) is 22.8 Å². The summed E-state index contributed by atoms with van der Waals surface area (Å²) in [5, 5.41) is 2.84. The van der Waals surface area contributed by atoms with Gasteiger partial charge in [-0.2, -0.15) is 0 Å². The van der Waals surface area contributed by atoms with Gasteiger partial charge >= 0.3 is 6.36 Å². The lowest BCUT2D eigenvalue weighted by atomic mass is 9.90. The van der Waals surface area contributed by atoms with Crippen LogP contribution in [-0.4, -0.2) is 48.3 Å². The van der Waals surface area contributed by atoms with Crippen LogP contribution in [0.15, 0.2) is 47.4 Å². The van der Waals surface area contributed by atoms with Crippen LogP contribution in [0.1, 0.15) is 28.8 Å². The van der Waals surface area contributed by atoms with Gasteiger partial charge in [-0.25, -0.2) is 0 Å². The number of halogens is 3. The number of hydrogen-bond acceptors (Lipinski definition) is 4. The molecule has 162 valence electrons. The van der Waals surface area contributed by atoms with E-state index in [2.05, 4.69) is 19.9 Å². The zero-order chi connectivity index (χ0) is 21.6. The minimum atomic E-state index is -4.67.